The zero-order valence-corrected chi connectivity index (χ0v) is 10.3. The van der Waals surface area contributed by atoms with Gasteiger partial charge >= 0.3 is 0 Å². The lowest BCUT2D eigenvalue weighted by atomic mass is 10.2. The van der Waals surface area contributed by atoms with Crippen LogP contribution in [-0.2, 0) is 0 Å². The molecule has 0 amide bonds. The SMILES string of the molecule is Cc1ccccc1-n1c(C)nc2ccc(=O)[nH]c21. The molecule has 90 valence electrons. The van der Waals surface area contributed by atoms with Gasteiger partial charge in [0.25, 0.3) is 0 Å². The van der Waals surface area contributed by atoms with Gasteiger partial charge < -0.3 is 4.98 Å². The van der Waals surface area contributed by atoms with Crippen LogP contribution in [-0.4, -0.2) is 14.5 Å². The molecule has 0 radical (unpaired) electrons. The summed E-state index contributed by atoms with van der Waals surface area (Å²) in [7, 11) is 0. The highest BCUT2D eigenvalue weighted by atomic mass is 16.1. The maximum absolute atomic E-state index is 11.5. The predicted octanol–water partition coefficient (Wildman–Crippen LogP) is 2.33. The predicted molar refractivity (Wildman–Crippen MR) is 71.2 cm³/mol. The molecule has 0 spiro atoms. The molecule has 3 rings (SSSR count). The Morgan fingerprint density at radius 1 is 1.11 bits per heavy atom. The molecule has 2 aromatic heterocycles. The molecule has 3 aromatic rings. The van der Waals surface area contributed by atoms with Crippen molar-refractivity contribution in [3.8, 4) is 5.69 Å². The van der Waals surface area contributed by atoms with E-state index >= 15 is 0 Å². The maximum atomic E-state index is 11.5. The second-order valence-electron chi connectivity index (χ2n) is 4.34. The molecule has 4 heteroatoms. The molecule has 0 bridgehead atoms. The molecule has 1 aromatic carbocycles. The van der Waals surface area contributed by atoms with E-state index in [0.717, 1.165) is 28.2 Å². The Morgan fingerprint density at radius 2 is 1.89 bits per heavy atom. The first kappa shape index (κ1) is 10.8. The summed E-state index contributed by atoms with van der Waals surface area (Å²) in [6.07, 6.45) is 0. The molecule has 0 aliphatic carbocycles. The van der Waals surface area contributed by atoms with Crippen molar-refractivity contribution in [2.45, 2.75) is 13.8 Å². The second kappa shape index (κ2) is 3.84. The summed E-state index contributed by atoms with van der Waals surface area (Å²) < 4.78 is 1.98. The quantitative estimate of drug-likeness (QED) is 0.708. The number of nitrogens with one attached hydrogen (secondary N) is 1. The highest BCUT2D eigenvalue weighted by Gasteiger charge is 2.11. The van der Waals surface area contributed by atoms with Crippen molar-refractivity contribution in [3.63, 3.8) is 0 Å². The van der Waals surface area contributed by atoms with Crippen molar-refractivity contribution in [2.24, 2.45) is 0 Å². The van der Waals surface area contributed by atoms with Gasteiger partial charge in [0.05, 0.1) is 5.69 Å². The number of nitrogens with zero attached hydrogens (tertiary/aromatic N) is 2. The van der Waals surface area contributed by atoms with E-state index in [1.54, 1.807) is 6.07 Å². The van der Waals surface area contributed by atoms with Crippen LogP contribution in [0.15, 0.2) is 41.2 Å². The summed E-state index contributed by atoms with van der Waals surface area (Å²) in [6, 6.07) is 11.3. The van der Waals surface area contributed by atoms with Crippen LogP contribution in [0.3, 0.4) is 0 Å². The van der Waals surface area contributed by atoms with E-state index in [1.807, 2.05) is 42.7 Å². The number of fused-ring (bicyclic) bond motifs is 1. The number of para-hydroxylation sites is 1. The smallest absolute Gasteiger partial charge is 0.249 e. The topological polar surface area (TPSA) is 50.7 Å². The molecule has 0 fully saturated rings. The van der Waals surface area contributed by atoms with Crippen molar-refractivity contribution in [2.75, 3.05) is 0 Å². The van der Waals surface area contributed by atoms with Crippen molar-refractivity contribution in [1.29, 1.82) is 0 Å². The summed E-state index contributed by atoms with van der Waals surface area (Å²) >= 11 is 0. The summed E-state index contributed by atoms with van der Waals surface area (Å²) in [5, 5.41) is 0. The lowest BCUT2D eigenvalue weighted by molar-refractivity contribution is 0.974. The maximum Gasteiger partial charge on any atom is 0.249 e. The molecule has 0 saturated carbocycles. The minimum atomic E-state index is -0.114. The molecule has 0 unspecified atom stereocenters. The number of aromatic nitrogens is 3. The Balaban J connectivity index is 2.42. The fraction of sp³-hybridized carbons (Fsp3) is 0.143. The third-order valence-electron chi connectivity index (χ3n) is 3.06. The number of benzene rings is 1. The third kappa shape index (κ3) is 1.54. The van der Waals surface area contributed by atoms with Crippen molar-refractivity contribution in [3.05, 3.63) is 58.1 Å². The zero-order valence-electron chi connectivity index (χ0n) is 10.3. The molecular formula is C14H13N3O. The Morgan fingerprint density at radius 3 is 2.67 bits per heavy atom. The average Bonchev–Trinajstić information content (AvgIpc) is 2.66. The van der Waals surface area contributed by atoms with E-state index in [0.29, 0.717) is 0 Å². The second-order valence-corrected chi connectivity index (χ2v) is 4.34. The zero-order chi connectivity index (χ0) is 12.7. The van der Waals surface area contributed by atoms with Crippen LogP contribution >= 0.6 is 0 Å². The first-order valence-electron chi connectivity index (χ1n) is 5.81. The number of H-pyrrole nitrogens is 1. The molecule has 0 aliphatic heterocycles. The van der Waals surface area contributed by atoms with Gasteiger partial charge in [-0.05, 0) is 31.5 Å². The molecule has 4 nitrogen and oxygen atoms in total. The molecule has 1 N–H and O–H groups in total. The molecule has 0 atom stereocenters. The Labute approximate surface area is 104 Å². The van der Waals surface area contributed by atoms with Gasteiger partial charge in [0.1, 0.15) is 17.0 Å². The molecule has 0 saturated heterocycles. The van der Waals surface area contributed by atoms with E-state index in [-0.39, 0.29) is 5.56 Å². The summed E-state index contributed by atoms with van der Waals surface area (Å²) in [5.41, 5.74) is 3.62. The minimum absolute atomic E-state index is 0.114. The van der Waals surface area contributed by atoms with Gasteiger partial charge in [-0.1, -0.05) is 18.2 Å². The first-order chi connectivity index (χ1) is 8.66. The van der Waals surface area contributed by atoms with Gasteiger partial charge in [-0.15, -0.1) is 0 Å². The van der Waals surface area contributed by atoms with Gasteiger partial charge in [-0.3, -0.25) is 9.36 Å². The Bertz CT molecular complexity index is 783. The van der Waals surface area contributed by atoms with Crippen LogP contribution in [0.4, 0.5) is 0 Å². The number of imidazole rings is 1. The average molecular weight is 239 g/mol. The van der Waals surface area contributed by atoms with E-state index in [9.17, 15) is 4.79 Å². The van der Waals surface area contributed by atoms with Gasteiger partial charge in [0.2, 0.25) is 5.56 Å². The van der Waals surface area contributed by atoms with E-state index in [1.165, 1.54) is 6.07 Å². The number of hydrogen-bond acceptors (Lipinski definition) is 2. The van der Waals surface area contributed by atoms with E-state index < -0.39 is 0 Å². The van der Waals surface area contributed by atoms with Crippen LogP contribution in [0.5, 0.6) is 0 Å². The lowest BCUT2D eigenvalue weighted by Crippen LogP contribution is -2.06. The molecular weight excluding hydrogens is 226 g/mol. The van der Waals surface area contributed by atoms with E-state index in [4.69, 9.17) is 0 Å². The van der Waals surface area contributed by atoms with Crippen LogP contribution in [0.1, 0.15) is 11.4 Å². The van der Waals surface area contributed by atoms with Gasteiger partial charge in [0.15, 0.2) is 0 Å². The van der Waals surface area contributed by atoms with Crippen molar-refractivity contribution < 1.29 is 0 Å². The Hall–Kier alpha value is -2.36. The van der Waals surface area contributed by atoms with Crippen molar-refractivity contribution >= 4 is 11.2 Å². The number of aryl methyl sites for hydroxylation is 2. The van der Waals surface area contributed by atoms with Crippen LogP contribution in [0.25, 0.3) is 16.9 Å². The number of rotatable bonds is 1. The monoisotopic (exact) mass is 239 g/mol. The summed E-state index contributed by atoms with van der Waals surface area (Å²) in [4.78, 5) is 18.8. The number of hydrogen-bond donors (Lipinski definition) is 1. The van der Waals surface area contributed by atoms with Crippen LogP contribution < -0.4 is 5.56 Å². The molecule has 0 aliphatic rings. The summed E-state index contributed by atoms with van der Waals surface area (Å²) in [6.45, 7) is 3.98. The third-order valence-corrected chi connectivity index (χ3v) is 3.06. The lowest BCUT2D eigenvalue weighted by Gasteiger charge is -2.09. The van der Waals surface area contributed by atoms with Crippen LogP contribution in [0, 0.1) is 13.8 Å². The highest BCUT2D eigenvalue weighted by Crippen LogP contribution is 2.20. The van der Waals surface area contributed by atoms with Crippen LogP contribution in [0.2, 0.25) is 0 Å². The molecule has 18 heavy (non-hydrogen) atoms. The van der Waals surface area contributed by atoms with Crippen molar-refractivity contribution in [1.82, 2.24) is 14.5 Å². The Kier molecular flexibility index (Phi) is 2.30. The standard InChI is InChI=1S/C14H13N3O/c1-9-5-3-4-6-12(9)17-10(2)15-11-7-8-13(18)16-14(11)17/h3-8H,1-2H3,(H,16,18). The fourth-order valence-electron chi connectivity index (χ4n) is 2.21. The molecule has 2 heterocycles. The van der Waals surface area contributed by atoms with Gasteiger partial charge in [-0.25, -0.2) is 4.98 Å². The summed E-state index contributed by atoms with van der Waals surface area (Å²) in [5.74, 6) is 0.862. The number of aromatic amines is 1. The van der Waals surface area contributed by atoms with Gasteiger partial charge in [0, 0.05) is 6.07 Å². The van der Waals surface area contributed by atoms with E-state index in [2.05, 4.69) is 9.97 Å². The normalized spacial score (nSPS) is 11.0. The highest BCUT2D eigenvalue weighted by molar-refractivity contribution is 5.74. The fourth-order valence-corrected chi connectivity index (χ4v) is 2.21. The minimum Gasteiger partial charge on any atom is -0.306 e. The van der Waals surface area contributed by atoms with Gasteiger partial charge in [-0.2, -0.15) is 0 Å². The largest absolute Gasteiger partial charge is 0.306 e. The first-order valence-corrected chi connectivity index (χ1v) is 5.81. The number of pyridine rings is 1.